The van der Waals surface area contributed by atoms with Crippen LogP contribution in [-0.2, 0) is 16.1 Å². The molecule has 0 aliphatic carbocycles. The molecule has 23 heavy (non-hydrogen) atoms. The molecular weight excluding hydrogens is 294 g/mol. The van der Waals surface area contributed by atoms with Crippen LogP contribution in [0.25, 0.3) is 0 Å². The lowest BCUT2D eigenvalue weighted by molar-refractivity contribution is -0.120. The number of piperidine rings is 1. The molecule has 0 saturated carbocycles. The summed E-state index contributed by atoms with van der Waals surface area (Å²) in [6.45, 7) is 4.39. The van der Waals surface area contributed by atoms with Crippen molar-refractivity contribution in [1.82, 2.24) is 15.5 Å². The highest BCUT2D eigenvalue weighted by Crippen LogP contribution is 2.11. The number of ether oxygens (including phenoxy) is 1. The molecule has 6 heteroatoms. The molecule has 0 unspecified atom stereocenters. The fraction of sp³-hybridized carbons (Fsp3) is 0.529. The molecule has 1 saturated heterocycles. The minimum atomic E-state index is -0.244. The number of nitrogens with one attached hydrogen (secondary N) is 2. The second kappa shape index (κ2) is 9.15. The molecule has 2 N–H and O–H groups in total. The monoisotopic (exact) mass is 319 g/mol. The summed E-state index contributed by atoms with van der Waals surface area (Å²) in [5.41, 5.74) is 1.09. The van der Waals surface area contributed by atoms with Crippen LogP contribution in [0.3, 0.4) is 0 Å². The molecule has 1 heterocycles. The van der Waals surface area contributed by atoms with Crippen molar-refractivity contribution in [3.05, 3.63) is 35.9 Å². The van der Waals surface area contributed by atoms with Crippen molar-refractivity contribution >= 4 is 12.0 Å². The molecule has 1 aromatic rings. The fourth-order valence-electron chi connectivity index (χ4n) is 2.58. The lowest BCUT2D eigenvalue weighted by Gasteiger charge is -2.31. The molecule has 126 valence electrons. The maximum Gasteiger partial charge on any atom is 0.409 e. The van der Waals surface area contributed by atoms with Crippen LogP contribution in [0.4, 0.5) is 4.79 Å². The molecule has 0 radical (unpaired) electrons. The van der Waals surface area contributed by atoms with E-state index < -0.39 is 0 Å². The van der Waals surface area contributed by atoms with Gasteiger partial charge >= 0.3 is 6.09 Å². The Bertz CT molecular complexity index is 499. The van der Waals surface area contributed by atoms with E-state index in [0.29, 0.717) is 32.8 Å². The topological polar surface area (TPSA) is 70.7 Å². The van der Waals surface area contributed by atoms with E-state index in [1.165, 1.54) is 0 Å². The average molecular weight is 319 g/mol. The summed E-state index contributed by atoms with van der Waals surface area (Å²) in [5.74, 6) is -0.0123. The number of rotatable bonds is 6. The van der Waals surface area contributed by atoms with E-state index in [4.69, 9.17) is 4.74 Å². The Morgan fingerprint density at radius 2 is 1.91 bits per heavy atom. The number of likely N-dealkylation sites (tertiary alicyclic amines) is 1. The van der Waals surface area contributed by atoms with E-state index in [0.717, 1.165) is 18.4 Å². The molecule has 0 bridgehead atoms. The van der Waals surface area contributed by atoms with Gasteiger partial charge in [0, 0.05) is 25.7 Å². The maximum absolute atomic E-state index is 11.9. The minimum absolute atomic E-state index is 0.0123. The zero-order valence-corrected chi connectivity index (χ0v) is 13.6. The Morgan fingerprint density at radius 3 is 2.57 bits per heavy atom. The summed E-state index contributed by atoms with van der Waals surface area (Å²) >= 11 is 0. The Balaban J connectivity index is 1.61. The van der Waals surface area contributed by atoms with Crippen LogP contribution in [0, 0.1) is 0 Å². The van der Waals surface area contributed by atoms with Crippen LogP contribution < -0.4 is 10.6 Å². The standard InChI is InChI=1S/C17H25N3O3/c1-2-23-17(22)20-10-8-15(9-11-20)18-13-16(21)19-12-14-6-4-3-5-7-14/h3-7,15,18H,2,8-13H2,1H3,(H,19,21). The highest BCUT2D eigenvalue weighted by Gasteiger charge is 2.23. The van der Waals surface area contributed by atoms with Gasteiger partial charge in [-0.15, -0.1) is 0 Å². The third-order valence-corrected chi connectivity index (χ3v) is 3.90. The fourth-order valence-corrected chi connectivity index (χ4v) is 2.58. The first-order valence-corrected chi connectivity index (χ1v) is 8.14. The van der Waals surface area contributed by atoms with Crippen molar-refractivity contribution in [3.63, 3.8) is 0 Å². The third-order valence-electron chi connectivity index (χ3n) is 3.90. The van der Waals surface area contributed by atoms with E-state index in [9.17, 15) is 9.59 Å². The summed E-state index contributed by atoms with van der Waals surface area (Å²) in [6.07, 6.45) is 1.43. The number of carbonyl (C=O) groups excluding carboxylic acids is 2. The molecular formula is C17H25N3O3. The van der Waals surface area contributed by atoms with Crippen LogP contribution >= 0.6 is 0 Å². The van der Waals surface area contributed by atoms with Gasteiger partial charge in [0.25, 0.3) is 0 Å². The number of carbonyl (C=O) groups is 2. The van der Waals surface area contributed by atoms with E-state index in [1.54, 1.807) is 11.8 Å². The van der Waals surface area contributed by atoms with Crippen LogP contribution in [0.15, 0.2) is 30.3 Å². The van der Waals surface area contributed by atoms with Crippen molar-refractivity contribution in [2.45, 2.75) is 32.4 Å². The lowest BCUT2D eigenvalue weighted by atomic mass is 10.1. The Morgan fingerprint density at radius 1 is 1.22 bits per heavy atom. The van der Waals surface area contributed by atoms with Gasteiger partial charge in [-0.05, 0) is 25.3 Å². The SMILES string of the molecule is CCOC(=O)N1CCC(NCC(=O)NCc2ccccc2)CC1. The predicted octanol–water partition coefficient (Wildman–Crippen LogP) is 1.51. The van der Waals surface area contributed by atoms with Crippen molar-refractivity contribution in [2.24, 2.45) is 0 Å². The zero-order chi connectivity index (χ0) is 16.5. The van der Waals surface area contributed by atoms with E-state index >= 15 is 0 Å². The molecule has 6 nitrogen and oxygen atoms in total. The molecule has 0 spiro atoms. The Labute approximate surface area is 137 Å². The molecule has 2 rings (SSSR count). The van der Waals surface area contributed by atoms with Crippen molar-refractivity contribution < 1.29 is 14.3 Å². The number of hydrogen-bond acceptors (Lipinski definition) is 4. The van der Waals surface area contributed by atoms with Crippen LogP contribution in [0.5, 0.6) is 0 Å². The summed E-state index contributed by atoms with van der Waals surface area (Å²) in [5, 5.41) is 6.15. The molecule has 1 aliphatic rings. The first kappa shape index (κ1) is 17.3. The number of nitrogens with zero attached hydrogens (tertiary/aromatic N) is 1. The highest BCUT2D eigenvalue weighted by atomic mass is 16.6. The summed E-state index contributed by atoms with van der Waals surface area (Å²) < 4.78 is 4.99. The number of hydrogen-bond donors (Lipinski definition) is 2. The highest BCUT2D eigenvalue weighted by molar-refractivity contribution is 5.78. The second-order valence-electron chi connectivity index (χ2n) is 5.60. The van der Waals surface area contributed by atoms with Gasteiger partial charge in [-0.1, -0.05) is 30.3 Å². The minimum Gasteiger partial charge on any atom is -0.450 e. The van der Waals surface area contributed by atoms with Crippen LogP contribution in [0.2, 0.25) is 0 Å². The van der Waals surface area contributed by atoms with Gasteiger partial charge < -0.3 is 20.3 Å². The zero-order valence-electron chi connectivity index (χ0n) is 13.6. The van der Waals surface area contributed by atoms with Gasteiger partial charge in [0.1, 0.15) is 0 Å². The van der Waals surface area contributed by atoms with E-state index in [-0.39, 0.29) is 18.0 Å². The quantitative estimate of drug-likeness (QED) is 0.834. The smallest absolute Gasteiger partial charge is 0.409 e. The maximum atomic E-state index is 11.9. The van der Waals surface area contributed by atoms with E-state index in [1.807, 2.05) is 30.3 Å². The van der Waals surface area contributed by atoms with Gasteiger partial charge in [-0.3, -0.25) is 4.79 Å². The van der Waals surface area contributed by atoms with Gasteiger partial charge in [0.2, 0.25) is 5.91 Å². The molecule has 0 atom stereocenters. The first-order chi connectivity index (χ1) is 11.2. The Kier molecular flexibility index (Phi) is 6.87. The first-order valence-electron chi connectivity index (χ1n) is 8.14. The van der Waals surface area contributed by atoms with Gasteiger partial charge in [-0.25, -0.2) is 4.79 Å². The number of benzene rings is 1. The second-order valence-corrected chi connectivity index (χ2v) is 5.60. The predicted molar refractivity (Wildman–Crippen MR) is 87.9 cm³/mol. The Hall–Kier alpha value is -2.08. The van der Waals surface area contributed by atoms with Gasteiger partial charge in [0.15, 0.2) is 0 Å². The lowest BCUT2D eigenvalue weighted by Crippen LogP contribution is -2.47. The summed E-state index contributed by atoms with van der Waals surface area (Å²) in [4.78, 5) is 25.2. The average Bonchev–Trinajstić information content (AvgIpc) is 2.59. The van der Waals surface area contributed by atoms with Crippen LogP contribution in [-0.4, -0.2) is 49.2 Å². The van der Waals surface area contributed by atoms with Crippen LogP contribution in [0.1, 0.15) is 25.3 Å². The molecule has 1 aromatic carbocycles. The summed E-state index contributed by atoms with van der Waals surface area (Å²) in [6, 6.07) is 10.1. The summed E-state index contributed by atoms with van der Waals surface area (Å²) in [7, 11) is 0. The van der Waals surface area contributed by atoms with Gasteiger partial charge in [0.05, 0.1) is 13.2 Å². The molecule has 1 aliphatic heterocycles. The molecule has 0 aromatic heterocycles. The molecule has 1 fully saturated rings. The normalized spacial score (nSPS) is 15.3. The molecule has 2 amide bonds. The third kappa shape index (κ3) is 5.90. The van der Waals surface area contributed by atoms with Crippen molar-refractivity contribution in [1.29, 1.82) is 0 Å². The largest absolute Gasteiger partial charge is 0.450 e. The van der Waals surface area contributed by atoms with Gasteiger partial charge in [-0.2, -0.15) is 0 Å². The number of amides is 2. The van der Waals surface area contributed by atoms with Crippen molar-refractivity contribution in [2.75, 3.05) is 26.2 Å². The van der Waals surface area contributed by atoms with E-state index in [2.05, 4.69) is 10.6 Å². The van der Waals surface area contributed by atoms with Crippen molar-refractivity contribution in [3.8, 4) is 0 Å².